The van der Waals surface area contributed by atoms with E-state index in [2.05, 4.69) is 4.72 Å². The lowest BCUT2D eigenvalue weighted by atomic mass is 10.3. The fourth-order valence-corrected chi connectivity index (χ4v) is 2.62. The van der Waals surface area contributed by atoms with Crippen LogP contribution in [0.2, 0.25) is 0 Å². The van der Waals surface area contributed by atoms with Crippen molar-refractivity contribution in [1.29, 1.82) is 0 Å². The number of carbonyl (C=O) groups is 1. The van der Waals surface area contributed by atoms with E-state index in [9.17, 15) is 17.6 Å². The first-order chi connectivity index (χ1) is 9.28. The van der Waals surface area contributed by atoms with Gasteiger partial charge in [0.25, 0.3) is 0 Å². The van der Waals surface area contributed by atoms with E-state index in [-0.39, 0.29) is 12.3 Å². The lowest BCUT2D eigenvalue weighted by Gasteiger charge is -2.07. The molecule has 0 spiro atoms. The monoisotopic (exact) mass is 323 g/mol. The Labute approximate surface area is 120 Å². The molecule has 0 aliphatic heterocycles. The first kappa shape index (κ1) is 16.7. The van der Waals surface area contributed by atoms with Crippen LogP contribution in [-0.2, 0) is 14.8 Å². The van der Waals surface area contributed by atoms with Crippen molar-refractivity contribution in [2.45, 2.75) is 4.90 Å². The molecule has 1 aromatic rings. The van der Waals surface area contributed by atoms with Crippen molar-refractivity contribution < 1.29 is 27.4 Å². The van der Waals surface area contributed by atoms with E-state index >= 15 is 0 Å². The average molecular weight is 323 g/mol. The zero-order valence-electron chi connectivity index (χ0n) is 10.6. The van der Waals surface area contributed by atoms with Gasteiger partial charge in [-0.1, -0.05) is 0 Å². The van der Waals surface area contributed by atoms with Crippen LogP contribution in [-0.4, -0.2) is 44.7 Å². The summed E-state index contributed by atoms with van der Waals surface area (Å²) in [6.45, 7) is -0.371. The number of benzene rings is 1. The molecular weight excluding hydrogens is 309 g/mol. The highest BCUT2D eigenvalue weighted by Gasteiger charge is 2.07. The first-order valence-corrected chi connectivity index (χ1v) is 8.37. The number of carboxylic acid groups (broad SMARTS) is 1. The van der Waals surface area contributed by atoms with Crippen LogP contribution in [0.1, 0.15) is 0 Å². The van der Waals surface area contributed by atoms with Gasteiger partial charge in [0.15, 0.2) is 18.2 Å². The molecule has 0 aromatic heterocycles. The van der Waals surface area contributed by atoms with E-state index in [0.717, 1.165) is 6.26 Å². The van der Waals surface area contributed by atoms with Crippen LogP contribution in [0.4, 0.5) is 4.39 Å². The predicted molar refractivity (Wildman–Crippen MR) is 73.1 cm³/mol. The molecule has 0 atom stereocenters. The lowest BCUT2D eigenvalue weighted by Crippen LogP contribution is -2.24. The van der Waals surface area contributed by atoms with Crippen LogP contribution in [0.15, 0.2) is 23.1 Å². The quantitative estimate of drug-likeness (QED) is 0.546. The third-order valence-electron chi connectivity index (χ3n) is 1.99. The van der Waals surface area contributed by atoms with Crippen LogP contribution in [0.5, 0.6) is 5.75 Å². The Kier molecular flexibility index (Phi) is 6.24. The summed E-state index contributed by atoms with van der Waals surface area (Å²) in [5, 5.41) is 8.42. The molecule has 0 aliphatic rings. The van der Waals surface area contributed by atoms with Gasteiger partial charge >= 0.3 is 5.97 Å². The van der Waals surface area contributed by atoms with Gasteiger partial charge in [-0.2, -0.15) is 0 Å². The molecule has 0 fully saturated rings. The Hall–Kier alpha value is -1.32. The number of rotatable bonds is 8. The molecule has 112 valence electrons. The molecule has 0 radical (unpaired) electrons. The van der Waals surface area contributed by atoms with E-state index in [4.69, 9.17) is 9.84 Å². The van der Waals surface area contributed by atoms with Gasteiger partial charge in [0.05, 0.1) is 6.26 Å². The summed E-state index contributed by atoms with van der Waals surface area (Å²) in [6, 6.07) is 4.12. The number of hydrogen-bond donors (Lipinski definition) is 2. The maximum absolute atomic E-state index is 13.6. The fraction of sp³-hybridized carbons (Fsp3) is 0.364. The summed E-state index contributed by atoms with van der Waals surface area (Å²) in [5.41, 5.74) is 0. The molecular formula is C11H14FNO5S2. The standard InChI is InChI=1S/C11H14FNO5S2/c1-20(16,17)13-4-5-19-8-2-3-10(9(12)6-8)18-7-11(14)15/h2-3,6,13H,4-5,7H2,1H3,(H,14,15). The zero-order chi connectivity index (χ0) is 15.2. The molecule has 1 rings (SSSR count). The highest BCUT2D eigenvalue weighted by Crippen LogP contribution is 2.24. The van der Waals surface area contributed by atoms with Crippen molar-refractivity contribution in [2.75, 3.05) is 25.2 Å². The predicted octanol–water partition coefficient (Wildman–Crippen LogP) is 0.930. The van der Waals surface area contributed by atoms with Gasteiger partial charge in [0.2, 0.25) is 10.0 Å². The molecule has 0 aliphatic carbocycles. The van der Waals surface area contributed by atoms with Gasteiger partial charge in [-0.25, -0.2) is 22.3 Å². The largest absolute Gasteiger partial charge is 0.479 e. The summed E-state index contributed by atoms with van der Waals surface area (Å²) in [4.78, 5) is 10.9. The highest BCUT2D eigenvalue weighted by molar-refractivity contribution is 7.99. The average Bonchev–Trinajstić information content (AvgIpc) is 2.32. The number of carboxylic acids is 1. The van der Waals surface area contributed by atoms with Gasteiger partial charge in [-0.15, -0.1) is 11.8 Å². The SMILES string of the molecule is CS(=O)(=O)NCCSc1ccc(OCC(=O)O)c(F)c1. The lowest BCUT2D eigenvalue weighted by molar-refractivity contribution is -0.139. The Morgan fingerprint density at radius 1 is 1.50 bits per heavy atom. The van der Waals surface area contributed by atoms with E-state index in [1.807, 2.05) is 0 Å². The number of thioether (sulfide) groups is 1. The highest BCUT2D eigenvalue weighted by atomic mass is 32.2. The first-order valence-electron chi connectivity index (χ1n) is 5.49. The minimum atomic E-state index is -3.22. The number of aliphatic carboxylic acids is 1. The molecule has 0 amide bonds. The molecule has 20 heavy (non-hydrogen) atoms. The van der Waals surface area contributed by atoms with Crippen LogP contribution >= 0.6 is 11.8 Å². The molecule has 0 bridgehead atoms. The summed E-state index contributed by atoms with van der Waals surface area (Å²) >= 11 is 1.27. The summed E-state index contributed by atoms with van der Waals surface area (Å²) in [6.07, 6.45) is 1.06. The summed E-state index contributed by atoms with van der Waals surface area (Å²) in [5.74, 6) is -1.53. The minimum Gasteiger partial charge on any atom is -0.479 e. The third-order valence-corrected chi connectivity index (χ3v) is 3.71. The topological polar surface area (TPSA) is 92.7 Å². The second-order valence-corrected chi connectivity index (χ2v) is 6.79. The number of hydrogen-bond acceptors (Lipinski definition) is 5. The Morgan fingerprint density at radius 2 is 2.20 bits per heavy atom. The molecule has 0 saturated heterocycles. The summed E-state index contributed by atoms with van der Waals surface area (Å²) in [7, 11) is -3.22. The van der Waals surface area contributed by atoms with Crippen LogP contribution in [0.25, 0.3) is 0 Å². The van der Waals surface area contributed by atoms with E-state index in [1.54, 1.807) is 6.07 Å². The van der Waals surface area contributed by atoms with Crippen molar-refractivity contribution >= 4 is 27.8 Å². The normalized spacial score (nSPS) is 11.3. The van der Waals surface area contributed by atoms with Crippen molar-refractivity contribution in [3.8, 4) is 5.75 Å². The Morgan fingerprint density at radius 3 is 2.75 bits per heavy atom. The minimum absolute atomic E-state index is 0.133. The molecule has 0 saturated carbocycles. The second kappa shape index (κ2) is 7.46. The zero-order valence-corrected chi connectivity index (χ0v) is 12.3. The number of ether oxygens (including phenoxy) is 1. The van der Waals surface area contributed by atoms with Crippen LogP contribution in [0, 0.1) is 5.82 Å². The van der Waals surface area contributed by atoms with Gasteiger partial charge in [0, 0.05) is 17.2 Å². The van der Waals surface area contributed by atoms with E-state index < -0.39 is 28.4 Å². The van der Waals surface area contributed by atoms with Gasteiger partial charge in [0.1, 0.15) is 0 Å². The molecule has 1 aromatic carbocycles. The van der Waals surface area contributed by atoms with Crippen molar-refractivity contribution in [3.63, 3.8) is 0 Å². The molecule has 0 heterocycles. The van der Waals surface area contributed by atoms with Crippen molar-refractivity contribution in [3.05, 3.63) is 24.0 Å². The Bertz CT molecular complexity index is 576. The van der Waals surface area contributed by atoms with Gasteiger partial charge in [-0.05, 0) is 18.2 Å². The number of sulfonamides is 1. The number of nitrogens with one attached hydrogen (secondary N) is 1. The van der Waals surface area contributed by atoms with Crippen molar-refractivity contribution in [1.82, 2.24) is 4.72 Å². The van der Waals surface area contributed by atoms with Gasteiger partial charge in [-0.3, -0.25) is 0 Å². The van der Waals surface area contributed by atoms with Crippen LogP contribution < -0.4 is 9.46 Å². The number of halogens is 1. The van der Waals surface area contributed by atoms with Crippen molar-refractivity contribution in [2.24, 2.45) is 0 Å². The molecule has 9 heteroatoms. The maximum Gasteiger partial charge on any atom is 0.341 e. The Balaban J connectivity index is 2.48. The fourth-order valence-electron chi connectivity index (χ4n) is 1.22. The molecule has 2 N–H and O–H groups in total. The molecule has 6 nitrogen and oxygen atoms in total. The smallest absolute Gasteiger partial charge is 0.341 e. The third kappa shape index (κ3) is 6.73. The molecule has 0 unspecified atom stereocenters. The van der Waals surface area contributed by atoms with Crippen LogP contribution in [0.3, 0.4) is 0 Å². The summed E-state index contributed by atoms with van der Waals surface area (Å²) < 4.78 is 42.3. The van der Waals surface area contributed by atoms with Gasteiger partial charge < -0.3 is 9.84 Å². The maximum atomic E-state index is 13.6. The van der Waals surface area contributed by atoms with E-state index in [0.29, 0.717) is 10.6 Å². The second-order valence-electron chi connectivity index (χ2n) is 3.79. The van der Waals surface area contributed by atoms with E-state index in [1.165, 1.54) is 23.9 Å².